The number of esters is 1. The van der Waals surface area contributed by atoms with Crippen LogP contribution < -0.4 is 5.26 Å². The van der Waals surface area contributed by atoms with Crippen molar-refractivity contribution >= 4 is 5.97 Å². The molecule has 0 heterocycles. The third-order valence-corrected chi connectivity index (χ3v) is 0.609. The van der Waals surface area contributed by atoms with Crippen molar-refractivity contribution in [3.63, 3.8) is 0 Å². The molecular weight excluding hydrogens is 96.0 g/mol. The SMILES string of the molecule is CCC(OC)=[O+][O-]. The van der Waals surface area contributed by atoms with Crippen molar-refractivity contribution in [3.05, 3.63) is 0 Å². The summed E-state index contributed by atoms with van der Waals surface area (Å²) >= 11 is 0. The molecule has 0 radical (unpaired) electrons. The molecule has 3 heteroatoms. The first-order valence-corrected chi connectivity index (χ1v) is 2.04. The average molecular weight is 104 g/mol. The van der Waals surface area contributed by atoms with Gasteiger partial charge in [-0.15, -0.1) is 0 Å². The lowest BCUT2D eigenvalue weighted by Gasteiger charge is -1.84. The second kappa shape index (κ2) is 3.46. The first-order valence-electron chi connectivity index (χ1n) is 2.04. The molecule has 0 fully saturated rings. The van der Waals surface area contributed by atoms with Gasteiger partial charge >= 0.3 is 5.97 Å². The largest absolute Gasteiger partial charge is 0.588 e. The quantitative estimate of drug-likeness (QED) is 0.192. The van der Waals surface area contributed by atoms with Crippen LogP contribution in [-0.4, -0.2) is 13.1 Å². The molecule has 7 heavy (non-hydrogen) atoms. The van der Waals surface area contributed by atoms with Gasteiger partial charge in [0, 0.05) is 0 Å². The highest BCUT2D eigenvalue weighted by Gasteiger charge is 2.02. The predicted octanol–water partition coefficient (Wildman–Crippen LogP) is -0.620. The van der Waals surface area contributed by atoms with Gasteiger partial charge in [0.1, 0.15) is 6.42 Å². The van der Waals surface area contributed by atoms with E-state index in [1.807, 2.05) is 0 Å². The second-order valence-corrected chi connectivity index (χ2v) is 1.01. The Balaban J connectivity index is 3.38. The number of hydrogen-bond donors (Lipinski definition) is 0. The van der Waals surface area contributed by atoms with E-state index < -0.39 is 0 Å². The van der Waals surface area contributed by atoms with Crippen LogP contribution in [0.25, 0.3) is 0 Å². The van der Waals surface area contributed by atoms with E-state index in [1.54, 1.807) is 6.92 Å². The van der Waals surface area contributed by atoms with E-state index in [1.165, 1.54) is 7.11 Å². The van der Waals surface area contributed by atoms with Gasteiger partial charge in [0.25, 0.3) is 0 Å². The number of carbonyl (C=O) groups excluding carboxylic acids is 1. The molecule has 0 rings (SSSR count). The molecule has 0 saturated heterocycles. The highest BCUT2D eigenvalue weighted by Crippen LogP contribution is 1.78. The zero-order valence-corrected chi connectivity index (χ0v) is 4.43. The molecule has 0 saturated carbocycles. The highest BCUT2D eigenvalue weighted by atomic mass is 17.1. The van der Waals surface area contributed by atoms with E-state index in [2.05, 4.69) is 9.31 Å². The molecule has 0 atom stereocenters. The zero-order chi connectivity index (χ0) is 5.70. The number of methoxy groups -OCH3 is 1. The van der Waals surface area contributed by atoms with Crippen LogP contribution in [0.4, 0.5) is 0 Å². The van der Waals surface area contributed by atoms with Crippen molar-refractivity contribution in [3.8, 4) is 0 Å². The lowest BCUT2D eigenvalue weighted by molar-refractivity contribution is -1.05. The van der Waals surface area contributed by atoms with Crippen LogP contribution in [0, 0.1) is 0 Å². The van der Waals surface area contributed by atoms with Gasteiger partial charge in [-0.3, -0.25) is 4.58 Å². The molecule has 0 aliphatic heterocycles. The fraction of sp³-hybridized carbons (Fsp3) is 0.750. The first kappa shape index (κ1) is 6.27. The summed E-state index contributed by atoms with van der Waals surface area (Å²) in [6.07, 6.45) is 0.514. The highest BCUT2D eigenvalue weighted by molar-refractivity contribution is 5.68. The Labute approximate surface area is 42.2 Å². The van der Waals surface area contributed by atoms with Crippen molar-refractivity contribution in [2.24, 2.45) is 0 Å². The molecule has 0 N–H and O–H groups in total. The van der Waals surface area contributed by atoms with Gasteiger partial charge < -0.3 is 9.99 Å². The minimum atomic E-state index is 0.125. The third-order valence-electron chi connectivity index (χ3n) is 0.609. The van der Waals surface area contributed by atoms with E-state index in [9.17, 15) is 5.26 Å². The maximum Gasteiger partial charge on any atom is 0.496 e. The average Bonchev–Trinajstić information content (AvgIpc) is 1.72. The summed E-state index contributed by atoms with van der Waals surface area (Å²) in [5.41, 5.74) is 0. The summed E-state index contributed by atoms with van der Waals surface area (Å²) in [5.74, 6) is 0.125. The Bertz CT molecular complexity index is 61.3. The van der Waals surface area contributed by atoms with Crippen molar-refractivity contribution in [1.82, 2.24) is 0 Å². The third kappa shape index (κ3) is 2.03. The van der Waals surface area contributed by atoms with Crippen LogP contribution in [0.2, 0.25) is 0 Å². The van der Waals surface area contributed by atoms with Crippen LogP contribution >= 0.6 is 0 Å². The van der Waals surface area contributed by atoms with Gasteiger partial charge in [0.05, 0.1) is 0 Å². The molecule has 0 bridgehead atoms. The van der Waals surface area contributed by atoms with Crippen LogP contribution in [0.3, 0.4) is 0 Å². The molecule has 42 valence electrons. The summed E-state index contributed by atoms with van der Waals surface area (Å²) in [7, 11) is 1.40. The van der Waals surface area contributed by atoms with Crippen molar-refractivity contribution in [2.45, 2.75) is 13.3 Å². The Morgan fingerprint density at radius 1 is 1.86 bits per heavy atom. The second-order valence-electron chi connectivity index (χ2n) is 1.01. The summed E-state index contributed by atoms with van der Waals surface area (Å²) in [6.45, 7) is 1.77. The molecule has 0 aromatic rings. The fourth-order valence-corrected chi connectivity index (χ4v) is 0.237. The van der Waals surface area contributed by atoms with Crippen LogP contribution in [-0.2, 0) is 9.31 Å². The van der Waals surface area contributed by atoms with E-state index in [0.29, 0.717) is 6.42 Å². The maximum absolute atomic E-state index is 9.43. The van der Waals surface area contributed by atoms with Crippen molar-refractivity contribution in [2.75, 3.05) is 7.11 Å². The Morgan fingerprint density at radius 2 is 2.43 bits per heavy atom. The van der Waals surface area contributed by atoms with Crippen molar-refractivity contribution in [1.29, 1.82) is 0 Å². The summed E-state index contributed by atoms with van der Waals surface area (Å²) in [5, 5.41) is 9.43. The van der Waals surface area contributed by atoms with Gasteiger partial charge in [0.15, 0.2) is 7.11 Å². The minimum absolute atomic E-state index is 0.125. The van der Waals surface area contributed by atoms with Gasteiger partial charge in [-0.25, -0.2) is 0 Å². The molecule has 0 spiro atoms. The zero-order valence-electron chi connectivity index (χ0n) is 4.43. The molecule has 3 nitrogen and oxygen atoms in total. The number of rotatable bonds is 1. The van der Waals surface area contributed by atoms with Gasteiger partial charge in [0.2, 0.25) is 0 Å². The topological polar surface area (TPSA) is 43.6 Å². The first-order chi connectivity index (χ1) is 3.35. The molecule has 0 amide bonds. The summed E-state index contributed by atoms with van der Waals surface area (Å²) in [6, 6.07) is 0. The van der Waals surface area contributed by atoms with Gasteiger partial charge in [-0.1, -0.05) is 0 Å². The van der Waals surface area contributed by atoms with Crippen LogP contribution in [0.15, 0.2) is 0 Å². The monoisotopic (exact) mass is 104 g/mol. The van der Waals surface area contributed by atoms with Crippen LogP contribution in [0.1, 0.15) is 13.3 Å². The normalized spacial score (nSPS) is 11.4. The van der Waals surface area contributed by atoms with Crippen molar-refractivity contribution < 1.29 is 14.6 Å². The van der Waals surface area contributed by atoms with E-state index in [-0.39, 0.29) is 5.97 Å². The fourth-order valence-electron chi connectivity index (χ4n) is 0.237. The minimum Gasteiger partial charge on any atom is -0.588 e. The van der Waals surface area contributed by atoms with Gasteiger partial charge in [-0.05, 0) is 6.92 Å². The molecule has 0 unspecified atom stereocenters. The van der Waals surface area contributed by atoms with E-state index >= 15 is 0 Å². The lowest BCUT2D eigenvalue weighted by Crippen LogP contribution is -2.10. The number of ether oxygens (including phenoxy) is 1. The summed E-state index contributed by atoms with van der Waals surface area (Å²) < 4.78 is 7.92. The molecule has 0 aliphatic carbocycles. The smallest absolute Gasteiger partial charge is 0.496 e. The molecular formula is C4H8O3. The lowest BCUT2D eigenvalue weighted by atomic mass is 10.5. The van der Waals surface area contributed by atoms with E-state index in [4.69, 9.17) is 0 Å². The molecule has 0 aromatic carbocycles. The van der Waals surface area contributed by atoms with Crippen LogP contribution in [0.5, 0.6) is 0 Å². The van der Waals surface area contributed by atoms with E-state index in [0.717, 1.165) is 0 Å². The Morgan fingerprint density at radius 3 is 2.43 bits per heavy atom. The molecule has 0 aromatic heterocycles. The maximum atomic E-state index is 9.43. The Kier molecular flexibility index (Phi) is 3.10. The predicted molar refractivity (Wildman–Crippen MR) is 22.3 cm³/mol. The molecule has 0 aliphatic rings. The Hall–Kier alpha value is -0.730. The summed E-state index contributed by atoms with van der Waals surface area (Å²) in [4.78, 5) is 0. The number of hydrogen-bond acceptors (Lipinski definition) is 2. The van der Waals surface area contributed by atoms with Gasteiger partial charge in [-0.2, -0.15) is 0 Å². The standard InChI is InChI=1S/C4H8O3/c1-3-4(6-2)7-5/h3H2,1-2H3.